The van der Waals surface area contributed by atoms with Crippen molar-refractivity contribution in [1.82, 2.24) is 0 Å². The van der Waals surface area contributed by atoms with E-state index in [1.807, 2.05) is 0 Å². The standard InChI is InChI=1S/2Cr.Fe.K.7O/q;;+2;+1;;;;;;2*-1. The van der Waals surface area contributed by atoms with E-state index in [2.05, 4.69) is 2.84 Å². The molecule has 0 bridgehead atoms. The Labute approximate surface area is 120 Å². The molecule has 0 heterocycles. The van der Waals surface area contributed by atoms with Crippen LogP contribution < -0.4 is 59.7 Å². The van der Waals surface area contributed by atoms with Crippen LogP contribution in [0.4, 0.5) is 0 Å². The van der Waals surface area contributed by atoms with Gasteiger partial charge in [0.15, 0.2) is 0 Å². The predicted octanol–water partition coefficient (Wildman–Crippen LogP) is -5.93. The summed E-state index contributed by atoms with van der Waals surface area (Å²) in [7, 11) is 0. The summed E-state index contributed by atoms with van der Waals surface area (Å²) >= 11 is -12.1. The minimum absolute atomic E-state index is 0. The Morgan fingerprint density at radius 3 is 1.09 bits per heavy atom. The van der Waals surface area contributed by atoms with Gasteiger partial charge in [-0.15, -0.1) is 0 Å². The summed E-state index contributed by atoms with van der Waals surface area (Å²) in [6, 6.07) is 0. The third-order valence-corrected chi connectivity index (χ3v) is 2.83. The average molecular weight is 311 g/mol. The van der Waals surface area contributed by atoms with Gasteiger partial charge in [0.1, 0.15) is 0 Å². The van der Waals surface area contributed by atoms with E-state index in [-0.39, 0.29) is 68.5 Å². The zero-order valence-corrected chi connectivity index (χ0v) is 11.8. The van der Waals surface area contributed by atoms with Crippen molar-refractivity contribution < 1.29 is 122 Å². The van der Waals surface area contributed by atoms with Gasteiger partial charge in [-0.25, -0.2) is 0 Å². The topological polar surface area (TPSA) is 124 Å². The van der Waals surface area contributed by atoms with Crippen LogP contribution in [-0.2, 0) is 62.3 Å². The Hall–Kier alpha value is 2.30. The van der Waals surface area contributed by atoms with Crippen LogP contribution in [0.5, 0.6) is 0 Å². The zero-order chi connectivity index (χ0) is 7.71. The molecular weight excluding hydrogens is 311 g/mol. The van der Waals surface area contributed by atoms with E-state index in [4.69, 9.17) is 0 Å². The van der Waals surface area contributed by atoms with Gasteiger partial charge in [0.2, 0.25) is 0 Å². The second-order valence-corrected chi connectivity index (χ2v) is 4.52. The summed E-state index contributed by atoms with van der Waals surface area (Å²) in [5.74, 6) is 0. The second-order valence-electron chi connectivity index (χ2n) is 0.885. The molecule has 11 heteroatoms. The maximum absolute atomic E-state index is 9.38. The Kier molecular flexibility index (Phi) is 11.6. The first-order valence-corrected chi connectivity index (χ1v) is 5.50. The SMILES string of the molecule is [Fe+2].[K+].[O]=[Cr](=[O])([O-])[O][Cr](=[O])(=[O])[O-]. The van der Waals surface area contributed by atoms with Gasteiger partial charge in [0.05, 0.1) is 0 Å². The van der Waals surface area contributed by atoms with Crippen molar-refractivity contribution in [2.75, 3.05) is 0 Å². The van der Waals surface area contributed by atoms with E-state index < -0.39 is 27.2 Å². The molecule has 0 aliphatic rings. The average Bonchev–Trinajstić information content (AvgIpc) is 1.14. The molecule has 0 atom stereocenters. The van der Waals surface area contributed by atoms with Crippen molar-refractivity contribution in [3.05, 3.63) is 0 Å². The molecule has 0 saturated heterocycles. The van der Waals surface area contributed by atoms with Crippen LogP contribution in [0.25, 0.3) is 0 Å². The first-order chi connectivity index (χ1) is 3.71. The molecule has 7 nitrogen and oxygen atoms in total. The van der Waals surface area contributed by atoms with Crippen molar-refractivity contribution >= 4 is 0 Å². The first-order valence-electron chi connectivity index (χ1n) is 1.33. The third kappa shape index (κ3) is 18.9. The van der Waals surface area contributed by atoms with Gasteiger partial charge in [-0.2, -0.15) is 0 Å². The van der Waals surface area contributed by atoms with E-state index >= 15 is 0 Å². The number of hydrogen-bond donors (Lipinski definition) is 0. The van der Waals surface area contributed by atoms with Gasteiger partial charge in [0.25, 0.3) is 0 Å². The molecular formula is Cr2FeKO7+. The van der Waals surface area contributed by atoms with Crippen LogP contribution in [0.1, 0.15) is 0 Å². The fraction of sp³-hybridized carbons (Fsp3) is 0. The van der Waals surface area contributed by atoms with Crippen molar-refractivity contribution in [2.45, 2.75) is 0 Å². The summed E-state index contributed by atoms with van der Waals surface area (Å²) in [6.45, 7) is 0. The van der Waals surface area contributed by atoms with Crippen LogP contribution in [0.2, 0.25) is 0 Å². The van der Waals surface area contributed by atoms with E-state index in [0.717, 1.165) is 0 Å². The molecule has 0 rings (SSSR count). The van der Waals surface area contributed by atoms with Gasteiger partial charge in [-0.05, 0) is 0 Å². The number of hydrogen-bond acceptors (Lipinski definition) is 7. The van der Waals surface area contributed by atoms with Gasteiger partial charge in [-0.1, -0.05) is 0 Å². The third-order valence-electron chi connectivity index (χ3n) is 0.167. The second kappa shape index (κ2) is 6.71. The Morgan fingerprint density at radius 1 is 0.909 bits per heavy atom. The van der Waals surface area contributed by atoms with Gasteiger partial charge >= 0.3 is 122 Å². The summed E-state index contributed by atoms with van der Waals surface area (Å²) in [5.41, 5.74) is 0. The molecule has 0 unspecified atom stereocenters. The van der Waals surface area contributed by atoms with Crippen LogP contribution in [0.15, 0.2) is 0 Å². The molecule has 0 radical (unpaired) electrons. The van der Waals surface area contributed by atoms with Crippen molar-refractivity contribution in [3.63, 3.8) is 0 Å². The molecule has 0 fully saturated rings. The summed E-state index contributed by atoms with van der Waals surface area (Å²) in [6.07, 6.45) is 0. The van der Waals surface area contributed by atoms with Crippen molar-refractivity contribution in [1.29, 1.82) is 0 Å². The van der Waals surface area contributed by atoms with E-state index in [1.54, 1.807) is 0 Å². The molecule has 0 aliphatic carbocycles. The molecule has 0 aromatic rings. The molecule has 11 heavy (non-hydrogen) atoms. The molecule has 62 valence electrons. The molecule has 0 spiro atoms. The Morgan fingerprint density at radius 2 is 1.09 bits per heavy atom. The Bertz CT molecular complexity index is 242. The maximum atomic E-state index is 9.38. The normalized spacial score (nSPS) is 11.1. The predicted molar refractivity (Wildman–Crippen MR) is 3.83 cm³/mol. The molecule has 0 saturated carbocycles. The van der Waals surface area contributed by atoms with Gasteiger partial charge < -0.3 is 0 Å². The van der Waals surface area contributed by atoms with Crippen LogP contribution in [-0.4, -0.2) is 0 Å². The molecule has 0 aromatic heterocycles. The van der Waals surface area contributed by atoms with Crippen molar-refractivity contribution in [2.24, 2.45) is 0 Å². The zero-order valence-electron chi connectivity index (χ0n) is 5.03. The summed E-state index contributed by atoms with van der Waals surface area (Å²) < 4.78 is 58.9. The van der Waals surface area contributed by atoms with Crippen LogP contribution >= 0.6 is 0 Å². The fourth-order valence-corrected chi connectivity index (χ4v) is 1.74. The minimum atomic E-state index is -6.07. The monoisotopic (exact) mass is 311 g/mol. The Balaban J connectivity index is -0.000000320. The van der Waals surface area contributed by atoms with E-state index in [0.29, 0.717) is 0 Å². The first kappa shape index (κ1) is 19.0. The van der Waals surface area contributed by atoms with Crippen LogP contribution in [0, 0.1) is 0 Å². The number of rotatable bonds is 2. The van der Waals surface area contributed by atoms with Gasteiger partial charge in [0, 0.05) is 0 Å². The van der Waals surface area contributed by atoms with E-state index in [9.17, 15) is 23.5 Å². The molecule has 0 aliphatic heterocycles. The van der Waals surface area contributed by atoms with E-state index in [1.165, 1.54) is 0 Å². The quantitative estimate of drug-likeness (QED) is 0.465. The molecule has 0 aromatic carbocycles. The van der Waals surface area contributed by atoms with Gasteiger partial charge in [-0.3, -0.25) is 0 Å². The molecule has 0 N–H and O–H groups in total. The summed E-state index contributed by atoms with van der Waals surface area (Å²) in [5, 5.41) is 0. The summed E-state index contributed by atoms with van der Waals surface area (Å²) in [4.78, 5) is 0. The van der Waals surface area contributed by atoms with Crippen molar-refractivity contribution in [3.8, 4) is 0 Å². The fourth-order valence-electron chi connectivity index (χ4n) is 0.102. The molecule has 0 amide bonds. The van der Waals surface area contributed by atoms with Crippen LogP contribution in [0.3, 0.4) is 0 Å².